The second kappa shape index (κ2) is 13.2. The van der Waals surface area contributed by atoms with E-state index in [1.165, 1.54) is 13.2 Å². The van der Waals surface area contributed by atoms with Gasteiger partial charge in [0.25, 0.3) is 11.5 Å². The van der Waals surface area contributed by atoms with Crippen LogP contribution in [0, 0.1) is 6.92 Å². The summed E-state index contributed by atoms with van der Waals surface area (Å²) < 4.78 is 12.0. The van der Waals surface area contributed by atoms with Gasteiger partial charge in [0.2, 0.25) is 5.88 Å². The Morgan fingerprint density at radius 1 is 1.12 bits per heavy atom. The molecule has 0 aliphatic carbocycles. The number of aliphatic hydroxyl groups excluding tert-OH is 1. The molecule has 1 aliphatic rings. The summed E-state index contributed by atoms with van der Waals surface area (Å²) in [6.07, 6.45) is 1.61. The van der Waals surface area contributed by atoms with Crippen molar-refractivity contribution < 1.29 is 19.4 Å². The Morgan fingerprint density at radius 2 is 1.84 bits per heavy atom. The highest BCUT2D eigenvalue weighted by atomic mass is 35.5. The number of carbonyl (C=O) groups excluding carboxylic acids is 1. The molecule has 224 valence electrons. The standard InChI is InChI=1S/C31H31Cl2N5O5/c1-17-14-35-38(2)31(41)26(17)29(40)36-24-9-5-7-20(28(24)33)19-6-4-8-21(27(19)32)22-11-10-18(30(37-22)42-3)15-34-23-12-13-43-16-25(23)39/h4-11,14,23,25,34,39H,12-13,15-16H2,1-3H3,(H,36,40). The molecule has 1 aliphatic heterocycles. The Morgan fingerprint density at radius 3 is 2.58 bits per heavy atom. The third-order valence-electron chi connectivity index (χ3n) is 7.38. The maximum absolute atomic E-state index is 13.1. The number of ether oxygens (including phenoxy) is 2. The topological polar surface area (TPSA) is 128 Å². The Kier molecular flexibility index (Phi) is 9.43. The number of nitrogens with one attached hydrogen (secondary N) is 2. The maximum atomic E-state index is 13.1. The molecule has 2 unspecified atom stereocenters. The lowest BCUT2D eigenvalue weighted by Crippen LogP contribution is -2.46. The number of halogens is 2. The second-order valence-corrected chi connectivity index (χ2v) is 11.0. The summed E-state index contributed by atoms with van der Waals surface area (Å²) in [5, 5.41) is 20.9. The number of aliphatic hydroxyl groups is 1. The first-order valence-corrected chi connectivity index (χ1v) is 14.4. The number of hydrogen-bond acceptors (Lipinski definition) is 8. The van der Waals surface area contributed by atoms with Crippen molar-refractivity contribution in [2.24, 2.45) is 7.05 Å². The van der Waals surface area contributed by atoms with E-state index in [2.05, 4.69) is 15.7 Å². The molecule has 1 amide bonds. The molecule has 2 aromatic carbocycles. The highest BCUT2D eigenvalue weighted by Gasteiger charge is 2.24. The van der Waals surface area contributed by atoms with Gasteiger partial charge in [-0.1, -0.05) is 59.6 Å². The van der Waals surface area contributed by atoms with Gasteiger partial charge in [-0.2, -0.15) is 5.10 Å². The summed E-state index contributed by atoms with van der Waals surface area (Å²) in [6.45, 7) is 3.02. The molecule has 1 saturated heterocycles. The van der Waals surface area contributed by atoms with Gasteiger partial charge >= 0.3 is 0 Å². The van der Waals surface area contributed by atoms with Crippen LogP contribution in [-0.2, 0) is 18.3 Å². The zero-order valence-electron chi connectivity index (χ0n) is 23.9. The summed E-state index contributed by atoms with van der Waals surface area (Å²) in [4.78, 5) is 30.3. The normalized spacial score (nSPS) is 16.6. The molecule has 3 N–H and O–H groups in total. The molecule has 0 radical (unpaired) electrons. The molecule has 12 heteroatoms. The minimum absolute atomic E-state index is 0.0124. The van der Waals surface area contributed by atoms with Gasteiger partial charge in [0, 0.05) is 48.5 Å². The van der Waals surface area contributed by atoms with E-state index in [4.69, 9.17) is 37.7 Å². The van der Waals surface area contributed by atoms with Gasteiger partial charge in [-0.05, 0) is 31.0 Å². The van der Waals surface area contributed by atoms with Crippen molar-refractivity contribution in [3.63, 3.8) is 0 Å². The summed E-state index contributed by atoms with van der Waals surface area (Å²) in [6, 6.07) is 14.4. The van der Waals surface area contributed by atoms with Gasteiger partial charge < -0.3 is 25.2 Å². The fourth-order valence-electron chi connectivity index (χ4n) is 4.99. The second-order valence-electron chi connectivity index (χ2n) is 10.2. The molecule has 0 bridgehead atoms. The van der Waals surface area contributed by atoms with Gasteiger partial charge in [-0.3, -0.25) is 9.59 Å². The summed E-state index contributed by atoms with van der Waals surface area (Å²) >= 11 is 13.7. The number of amides is 1. The van der Waals surface area contributed by atoms with Crippen molar-refractivity contribution in [1.29, 1.82) is 0 Å². The van der Waals surface area contributed by atoms with E-state index in [0.29, 0.717) is 70.7 Å². The summed E-state index contributed by atoms with van der Waals surface area (Å²) in [5.74, 6) is -0.148. The Hall–Kier alpha value is -3.80. The lowest BCUT2D eigenvalue weighted by molar-refractivity contribution is -0.0281. The number of methoxy groups -OCH3 is 1. The van der Waals surface area contributed by atoms with Crippen LogP contribution in [0.25, 0.3) is 22.4 Å². The number of pyridine rings is 1. The Bertz CT molecular complexity index is 1730. The smallest absolute Gasteiger partial charge is 0.279 e. The van der Waals surface area contributed by atoms with Crippen LogP contribution in [0.1, 0.15) is 27.9 Å². The number of carbonyl (C=O) groups is 1. The lowest BCUT2D eigenvalue weighted by Gasteiger charge is -2.28. The fraction of sp³-hybridized carbons (Fsp3) is 0.290. The molecular formula is C31H31Cl2N5O5. The van der Waals surface area contributed by atoms with Gasteiger partial charge in [0.1, 0.15) is 5.56 Å². The SMILES string of the molecule is COc1nc(-c2cccc(-c3cccc(NC(=O)c4c(C)cnn(C)c4=O)c3Cl)c2Cl)ccc1CNC1CCOCC1O. The van der Waals surface area contributed by atoms with Crippen molar-refractivity contribution in [3.8, 4) is 28.3 Å². The molecule has 3 heterocycles. The molecule has 10 nitrogen and oxygen atoms in total. The highest BCUT2D eigenvalue weighted by molar-refractivity contribution is 6.39. The van der Waals surface area contributed by atoms with Crippen LogP contribution in [0.4, 0.5) is 5.69 Å². The minimum atomic E-state index is -0.586. The maximum Gasteiger partial charge on any atom is 0.279 e. The van der Waals surface area contributed by atoms with Crippen molar-refractivity contribution >= 4 is 34.8 Å². The van der Waals surface area contributed by atoms with Crippen molar-refractivity contribution in [2.45, 2.75) is 32.0 Å². The van der Waals surface area contributed by atoms with Crippen LogP contribution in [0.2, 0.25) is 10.0 Å². The van der Waals surface area contributed by atoms with Gasteiger partial charge in [-0.15, -0.1) is 0 Å². The van der Waals surface area contributed by atoms with E-state index < -0.39 is 17.6 Å². The number of nitrogens with zero attached hydrogens (tertiary/aromatic N) is 3. The molecule has 5 rings (SSSR count). The predicted molar refractivity (Wildman–Crippen MR) is 166 cm³/mol. The number of hydrogen-bond donors (Lipinski definition) is 3. The van der Waals surface area contributed by atoms with Crippen LogP contribution in [-0.4, -0.2) is 58.2 Å². The number of anilines is 1. The highest BCUT2D eigenvalue weighted by Crippen LogP contribution is 2.41. The van der Waals surface area contributed by atoms with Crippen LogP contribution < -0.4 is 20.9 Å². The molecule has 4 aromatic rings. The predicted octanol–water partition coefficient (Wildman–Crippen LogP) is 4.62. The first-order chi connectivity index (χ1) is 20.7. The minimum Gasteiger partial charge on any atom is -0.481 e. The van der Waals surface area contributed by atoms with E-state index in [0.717, 1.165) is 10.2 Å². The zero-order valence-corrected chi connectivity index (χ0v) is 25.4. The molecule has 0 saturated carbocycles. The van der Waals surface area contributed by atoms with E-state index >= 15 is 0 Å². The zero-order chi connectivity index (χ0) is 30.7. The average molecular weight is 625 g/mol. The Labute approximate surface area is 258 Å². The van der Waals surface area contributed by atoms with Gasteiger partial charge in [0.05, 0.1) is 47.4 Å². The third-order valence-corrected chi connectivity index (χ3v) is 8.19. The number of aryl methyl sites for hydroxylation is 2. The summed E-state index contributed by atoms with van der Waals surface area (Å²) in [7, 11) is 3.04. The first kappa shape index (κ1) is 30.7. The largest absolute Gasteiger partial charge is 0.481 e. The van der Waals surface area contributed by atoms with E-state index in [1.54, 1.807) is 32.2 Å². The quantitative estimate of drug-likeness (QED) is 0.259. The van der Waals surface area contributed by atoms with Crippen LogP contribution in [0.3, 0.4) is 0 Å². The third kappa shape index (κ3) is 6.43. The fourth-order valence-corrected chi connectivity index (χ4v) is 5.59. The number of benzene rings is 2. The first-order valence-electron chi connectivity index (χ1n) is 13.6. The average Bonchev–Trinajstić information content (AvgIpc) is 3.00. The van der Waals surface area contributed by atoms with Gasteiger partial charge in [0.15, 0.2) is 0 Å². The van der Waals surface area contributed by atoms with Crippen LogP contribution >= 0.6 is 23.2 Å². The Balaban J connectivity index is 1.42. The number of aromatic nitrogens is 3. The molecule has 2 aromatic heterocycles. The van der Waals surface area contributed by atoms with Gasteiger partial charge in [-0.25, -0.2) is 9.67 Å². The van der Waals surface area contributed by atoms with Crippen molar-refractivity contribution in [3.05, 3.63) is 91.8 Å². The van der Waals surface area contributed by atoms with Crippen molar-refractivity contribution in [2.75, 3.05) is 25.6 Å². The molecule has 0 spiro atoms. The van der Waals surface area contributed by atoms with Crippen molar-refractivity contribution in [1.82, 2.24) is 20.1 Å². The summed E-state index contributed by atoms with van der Waals surface area (Å²) in [5.41, 5.74) is 3.59. The lowest BCUT2D eigenvalue weighted by atomic mass is 10.00. The molecule has 2 atom stereocenters. The molecule has 43 heavy (non-hydrogen) atoms. The molecule has 1 fully saturated rings. The monoisotopic (exact) mass is 623 g/mol. The molecular weight excluding hydrogens is 593 g/mol. The van der Waals surface area contributed by atoms with E-state index in [1.807, 2.05) is 30.3 Å². The number of rotatable bonds is 8. The van der Waals surface area contributed by atoms with Crippen LogP contribution in [0.5, 0.6) is 5.88 Å². The van der Waals surface area contributed by atoms with Crippen LogP contribution in [0.15, 0.2) is 59.5 Å². The van der Waals surface area contributed by atoms with E-state index in [9.17, 15) is 14.7 Å². The van der Waals surface area contributed by atoms with E-state index in [-0.39, 0.29) is 16.6 Å².